The molecule has 0 bridgehead atoms. The van der Waals surface area contributed by atoms with Gasteiger partial charge in [-0.1, -0.05) is 18.2 Å². The molecular weight excluding hydrogens is 318 g/mol. The first-order valence-corrected chi connectivity index (χ1v) is 6.86. The summed E-state index contributed by atoms with van der Waals surface area (Å²) in [5.74, 6) is -1.68. The van der Waals surface area contributed by atoms with Crippen LogP contribution < -0.4 is 9.97 Å². The number of alkyl halides is 3. The van der Waals surface area contributed by atoms with Crippen LogP contribution in [0.5, 0.6) is 5.75 Å². The largest absolute Gasteiger partial charge is 0.547 e. The van der Waals surface area contributed by atoms with E-state index in [1.165, 1.54) is 12.1 Å². The van der Waals surface area contributed by atoms with E-state index in [9.17, 15) is 33.2 Å². The van der Waals surface area contributed by atoms with Crippen molar-refractivity contribution in [1.82, 2.24) is 5.32 Å². The Balaban J connectivity index is 2.04. The van der Waals surface area contributed by atoms with Gasteiger partial charge in [-0.05, 0) is 12.0 Å². The number of fused-ring (bicyclic) bond motifs is 1. The van der Waals surface area contributed by atoms with Gasteiger partial charge in [0.25, 0.3) is 0 Å². The molecule has 126 valence electrons. The van der Waals surface area contributed by atoms with Gasteiger partial charge in [0.05, 0.1) is 12.4 Å². The van der Waals surface area contributed by atoms with Crippen molar-refractivity contribution in [2.75, 3.05) is 0 Å². The Morgan fingerprint density at radius 3 is 2.74 bits per heavy atom. The highest BCUT2D eigenvalue weighted by Crippen LogP contribution is 2.33. The van der Waals surface area contributed by atoms with Gasteiger partial charge in [-0.3, -0.25) is 4.79 Å². The Morgan fingerprint density at radius 1 is 1.43 bits per heavy atom. The number of aliphatic hydroxyl groups is 2. The number of nitrogens with one attached hydrogen (secondary N) is 1. The number of halogens is 3. The zero-order valence-electron chi connectivity index (χ0n) is 11.9. The minimum Gasteiger partial charge on any atom is -0.534 e. The fraction of sp³-hybridized carbons (Fsp3) is 0.462. The van der Waals surface area contributed by atoms with Gasteiger partial charge in [0.15, 0.2) is 6.29 Å². The molecule has 0 saturated carbocycles. The van der Waals surface area contributed by atoms with Gasteiger partial charge in [-0.25, -0.2) is 0 Å². The highest BCUT2D eigenvalue weighted by Gasteiger charge is 2.38. The third-order valence-corrected chi connectivity index (χ3v) is 3.41. The molecule has 0 aromatic heterocycles. The molecule has 0 fully saturated rings. The maximum atomic E-state index is 12.1. The molecule has 1 aromatic carbocycles. The van der Waals surface area contributed by atoms with E-state index < -0.39 is 44.3 Å². The van der Waals surface area contributed by atoms with E-state index in [1.807, 2.05) is 0 Å². The van der Waals surface area contributed by atoms with Crippen molar-refractivity contribution in [3.05, 3.63) is 29.3 Å². The summed E-state index contributed by atoms with van der Waals surface area (Å²) < 4.78 is 41.4. The van der Waals surface area contributed by atoms with Crippen LogP contribution >= 0.6 is 0 Å². The standard InChI is InChI=1S/C13H15BF3NO5/c15-13(16,17)5-4-10(19)18-9-6-7-2-1-3-8(12(20)21)11(7)23-14(9)22/h1-3,9,12,20-22H,4-6H2,(H,18,19)/t9-/m0/s1. The Bertz CT molecular complexity index is 581. The Hall–Kier alpha value is -1.78. The molecule has 0 radical (unpaired) electrons. The Kier molecular flexibility index (Phi) is 5.17. The molecule has 1 aliphatic heterocycles. The topological polar surface area (TPSA) is 99.0 Å². The lowest BCUT2D eigenvalue weighted by Gasteiger charge is -2.29. The molecule has 0 saturated heterocycles. The number of amides is 1. The summed E-state index contributed by atoms with van der Waals surface area (Å²) in [7, 11) is -1.50. The first kappa shape index (κ1) is 17.6. The summed E-state index contributed by atoms with van der Waals surface area (Å²) >= 11 is 0. The van der Waals surface area contributed by atoms with E-state index in [0.717, 1.165) is 0 Å². The van der Waals surface area contributed by atoms with Crippen LogP contribution in [0.3, 0.4) is 0 Å². The minimum absolute atomic E-state index is 0.0587. The van der Waals surface area contributed by atoms with E-state index in [-0.39, 0.29) is 17.7 Å². The van der Waals surface area contributed by atoms with Gasteiger partial charge in [0.2, 0.25) is 5.91 Å². The Morgan fingerprint density at radius 2 is 2.13 bits per heavy atom. The lowest BCUT2D eigenvalue weighted by molar-refractivity contribution is -0.144. The zero-order valence-corrected chi connectivity index (χ0v) is 11.9. The first-order valence-electron chi connectivity index (χ1n) is 6.86. The molecule has 10 heteroatoms. The van der Waals surface area contributed by atoms with Gasteiger partial charge >= 0.3 is 13.3 Å². The van der Waals surface area contributed by atoms with Gasteiger partial charge in [0, 0.05) is 12.0 Å². The third kappa shape index (κ3) is 4.60. The van der Waals surface area contributed by atoms with Crippen LogP contribution in [-0.4, -0.2) is 40.4 Å². The van der Waals surface area contributed by atoms with Crippen LogP contribution in [0.1, 0.15) is 30.3 Å². The molecule has 1 atom stereocenters. The summed E-state index contributed by atoms with van der Waals surface area (Å²) in [5.41, 5.74) is 0.561. The van der Waals surface area contributed by atoms with Crippen molar-refractivity contribution in [1.29, 1.82) is 0 Å². The van der Waals surface area contributed by atoms with E-state index in [0.29, 0.717) is 5.56 Å². The number of benzene rings is 1. The number of carbonyl (C=O) groups is 1. The van der Waals surface area contributed by atoms with Crippen molar-refractivity contribution >= 4 is 13.0 Å². The molecule has 1 aliphatic rings. The highest BCUT2D eigenvalue weighted by atomic mass is 19.4. The first-order chi connectivity index (χ1) is 10.7. The second-order valence-electron chi connectivity index (χ2n) is 5.21. The van der Waals surface area contributed by atoms with Gasteiger partial charge in [-0.2, -0.15) is 13.2 Å². The summed E-state index contributed by atoms with van der Waals surface area (Å²) in [4.78, 5) is 11.5. The van der Waals surface area contributed by atoms with Crippen LogP contribution in [0.2, 0.25) is 0 Å². The van der Waals surface area contributed by atoms with Crippen LogP contribution in [0, 0.1) is 0 Å². The normalized spacial score (nSPS) is 17.7. The molecule has 0 spiro atoms. The summed E-state index contributed by atoms with van der Waals surface area (Å²) in [6.45, 7) is 0. The molecule has 1 heterocycles. The molecule has 6 nitrogen and oxygen atoms in total. The fourth-order valence-corrected chi connectivity index (χ4v) is 2.31. The lowest BCUT2D eigenvalue weighted by Crippen LogP contribution is -2.53. The minimum atomic E-state index is -4.43. The Labute approximate surface area is 130 Å². The quantitative estimate of drug-likeness (QED) is 0.474. The van der Waals surface area contributed by atoms with Crippen molar-refractivity contribution in [2.45, 2.75) is 37.7 Å². The van der Waals surface area contributed by atoms with Crippen molar-refractivity contribution in [3.8, 4) is 5.75 Å². The second-order valence-corrected chi connectivity index (χ2v) is 5.21. The zero-order chi connectivity index (χ0) is 17.2. The summed E-state index contributed by atoms with van der Waals surface area (Å²) in [5, 5.41) is 30.7. The number of para-hydroxylation sites is 1. The van der Waals surface area contributed by atoms with Crippen LogP contribution in [0.15, 0.2) is 18.2 Å². The van der Waals surface area contributed by atoms with Crippen LogP contribution in [0.4, 0.5) is 13.2 Å². The number of rotatable bonds is 4. The molecule has 2 rings (SSSR count). The monoisotopic (exact) mass is 333 g/mol. The number of aliphatic hydroxyl groups excluding tert-OH is 1. The third-order valence-electron chi connectivity index (χ3n) is 3.41. The molecule has 4 N–H and O–H groups in total. The maximum absolute atomic E-state index is 12.1. The number of carbonyl (C=O) groups excluding carboxylic acids is 1. The highest BCUT2D eigenvalue weighted by molar-refractivity contribution is 6.46. The SMILES string of the molecule is O=C(CCC(F)(F)F)N[C@H]1Cc2cccc(C(O)O)c2OB1O. The molecular formula is C13H15BF3NO5. The predicted molar refractivity (Wildman–Crippen MR) is 73.1 cm³/mol. The molecule has 23 heavy (non-hydrogen) atoms. The molecule has 0 unspecified atom stereocenters. The van der Waals surface area contributed by atoms with Crippen LogP contribution in [0.25, 0.3) is 0 Å². The predicted octanol–water partition coefficient (Wildman–Crippen LogP) is 0.452. The van der Waals surface area contributed by atoms with Crippen LogP contribution in [-0.2, 0) is 11.2 Å². The maximum Gasteiger partial charge on any atom is 0.547 e. The second kappa shape index (κ2) is 6.77. The van der Waals surface area contributed by atoms with Gasteiger partial charge < -0.3 is 25.2 Å². The smallest absolute Gasteiger partial charge is 0.534 e. The van der Waals surface area contributed by atoms with Gasteiger partial charge in [0.1, 0.15) is 5.75 Å². The fourth-order valence-electron chi connectivity index (χ4n) is 2.31. The van der Waals surface area contributed by atoms with E-state index in [2.05, 4.69) is 5.32 Å². The summed E-state index contributed by atoms with van der Waals surface area (Å²) in [6, 6.07) is 4.54. The van der Waals surface area contributed by atoms with Crippen molar-refractivity contribution in [2.24, 2.45) is 0 Å². The van der Waals surface area contributed by atoms with Gasteiger partial charge in [-0.15, -0.1) is 0 Å². The van der Waals surface area contributed by atoms with Crippen molar-refractivity contribution in [3.63, 3.8) is 0 Å². The molecule has 1 amide bonds. The number of hydrogen-bond donors (Lipinski definition) is 4. The lowest BCUT2D eigenvalue weighted by atomic mass is 9.72. The average molecular weight is 333 g/mol. The molecule has 0 aliphatic carbocycles. The van der Waals surface area contributed by atoms with Crippen molar-refractivity contribution < 1.29 is 37.9 Å². The summed E-state index contributed by atoms with van der Waals surface area (Å²) in [6.07, 6.45) is -8.13. The average Bonchev–Trinajstić information content (AvgIpc) is 2.44. The number of hydrogen-bond acceptors (Lipinski definition) is 5. The van der Waals surface area contributed by atoms with E-state index >= 15 is 0 Å². The van der Waals surface area contributed by atoms with E-state index in [1.54, 1.807) is 6.07 Å². The molecule has 1 aromatic rings. The van der Waals surface area contributed by atoms with E-state index in [4.69, 9.17) is 4.65 Å².